The third kappa shape index (κ3) is 5.21. The first-order chi connectivity index (χ1) is 3.18. The van der Waals surface area contributed by atoms with Gasteiger partial charge in [0, 0.05) is 51.4 Å². The zero-order chi connectivity index (χ0) is 5.86. The molecule has 0 aliphatic heterocycles. The molecule has 0 aliphatic carbocycles. The van der Waals surface area contributed by atoms with E-state index in [2.05, 4.69) is 5.32 Å². The number of carbonyl (C=O) groups is 1. The number of aliphatic carboxylic acids is 1. The van der Waals surface area contributed by atoms with Gasteiger partial charge in [0.2, 0.25) is 0 Å². The summed E-state index contributed by atoms with van der Waals surface area (Å²) in [5.41, 5.74) is 0. The van der Waals surface area contributed by atoms with Crippen LogP contribution in [0.25, 0.3) is 0 Å². The molecule has 0 aromatic heterocycles. The van der Waals surface area contributed by atoms with E-state index in [0.717, 1.165) is 0 Å². The van der Waals surface area contributed by atoms with E-state index in [1.807, 2.05) is 0 Å². The molecular formula is C4H9KNO2. The quantitative estimate of drug-likeness (QED) is 0.501. The van der Waals surface area contributed by atoms with Crippen LogP contribution in [0.2, 0.25) is 0 Å². The van der Waals surface area contributed by atoms with Crippen LogP contribution in [0.5, 0.6) is 0 Å². The van der Waals surface area contributed by atoms with E-state index in [-0.39, 0.29) is 51.4 Å². The van der Waals surface area contributed by atoms with Gasteiger partial charge in [-0.2, -0.15) is 0 Å². The second kappa shape index (κ2) is 6.19. The van der Waals surface area contributed by atoms with Crippen molar-refractivity contribution in [3.05, 3.63) is 0 Å². The summed E-state index contributed by atoms with van der Waals surface area (Å²) in [7, 11) is 1.61. The monoisotopic (exact) mass is 142 g/mol. The van der Waals surface area contributed by atoms with Gasteiger partial charge in [0.05, 0.1) is 0 Å². The Balaban J connectivity index is 0. The zero-order valence-corrected chi connectivity index (χ0v) is 8.56. The predicted octanol–water partition coefficient (Wildman–Crippen LogP) is -0.702. The maximum atomic E-state index is 9.87. The molecule has 0 spiro atoms. The second-order valence-corrected chi connectivity index (χ2v) is 1.35. The SMILES string of the molecule is CNC(C)C(=O)O.[K]. The van der Waals surface area contributed by atoms with E-state index in [1.165, 1.54) is 0 Å². The largest absolute Gasteiger partial charge is 0.480 e. The standard InChI is InChI=1S/C4H9NO2.K/c1-3(5-2)4(6)7;/h3,5H,1-2H3,(H,6,7);. The van der Waals surface area contributed by atoms with Crippen LogP contribution in [0, 0.1) is 0 Å². The van der Waals surface area contributed by atoms with Gasteiger partial charge in [-0.05, 0) is 14.0 Å². The van der Waals surface area contributed by atoms with Crippen molar-refractivity contribution >= 4 is 57.4 Å². The Kier molecular flexibility index (Phi) is 9.14. The van der Waals surface area contributed by atoms with Crippen molar-refractivity contribution < 1.29 is 9.90 Å². The van der Waals surface area contributed by atoms with E-state index in [0.29, 0.717) is 0 Å². The van der Waals surface area contributed by atoms with Crippen molar-refractivity contribution in [2.75, 3.05) is 7.05 Å². The Hall–Kier alpha value is 1.07. The number of hydrogen-bond acceptors (Lipinski definition) is 2. The van der Waals surface area contributed by atoms with Crippen LogP contribution in [0.15, 0.2) is 0 Å². The first-order valence-electron chi connectivity index (χ1n) is 2.08. The minimum Gasteiger partial charge on any atom is -0.480 e. The Morgan fingerprint density at radius 2 is 2.12 bits per heavy atom. The molecule has 0 saturated heterocycles. The third-order valence-corrected chi connectivity index (χ3v) is 0.803. The molecular weight excluding hydrogens is 133 g/mol. The van der Waals surface area contributed by atoms with E-state index in [1.54, 1.807) is 14.0 Å². The van der Waals surface area contributed by atoms with Crippen LogP contribution >= 0.6 is 0 Å². The number of rotatable bonds is 2. The molecule has 3 nitrogen and oxygen atoms in total. The first kappa shape index (κ1) is 11.8. The van der Waals surface area contributed by atoms with Crippen LogP contribution in [0.3, 0.4) is 0 Å². The van der Waals surface area contributed by atoms with Crippen molar-refractivity contribution in [3.63, 3.8) is 0 Å². The molecule has 0 fully saturated rings. The van der Waals surface area contributed by atoms with Gasteiger partial charge in [-0.15, -0.1) is 0 Å². The molecule has 0 aromatic rings. The molecule has 1 radical (unpaired) electrons. The van der Waals surface area contributed by atoms with Gasteiger partial charge in [-0.25, -0.2) is 0 Å². The van der Waals surface area contributed by atoms with Crippen LogP contribution in [-0.4, -0.2) is 75.5 Å². The van der Waals surface area contributed by atoms with E-state index in [9.17, 15) is 4.79 Å². The Labute approximate surface area is 91.3 Å². The molecule has 0 amide bonds. The van der Waals surface area contributed by atoms with Crippen molar-refractivity contribution in [2.24, 2.45) is 0 Å². The Morgan fingerprint density at radius 1 is 1.75 bits per heavy atom. The van der Waals surface area contributed by atoms with Gasteiger partial charge in [0.25, 0.3) is 0 Å². The van der Waals surface area contributed by atoms with Crippen molar-refractivity contribution in [1.29, 1.82) is 0 Å². The molecule has 4 heteroatoms. The van der Waals surface area contributed by atoms with Crippen molar-refractivity contribution in [1.82, 2.24) is 5.32 Å². The van der Waals surface area contributed by atoms with Crippen LogP contribution in [0.4, 0.5) is 0 Å². The van der Waals surface area contributed by atoms with Gasteiger partial charge in [-0.3, -0.25) is 4.79 Å². The Morgan fingerprint density at radius 3 is 2.12 bits per heavy atom. The molecule has 0 aromatic carbocycles. The molecule has 0 aliphatic rings. The molecule has 2 N–H and O–H groups in total. The van der Waals surface area contributed by atoms with E-state index in [4.69, 9.17) is 5.11 Å². The summed E-state index contributed by atoms with van der Waals surface area (Å²) in [6.45, 7) is 1.59. The van der Waals surface area contributed by atoms with Crippen molar-refractivity contribution in [3.8, 4) is 0 Å². The smallest absolute Gasteiger partial charge is 0.320 e. The normalized spacial score (nSPS) is 11.8. The van der Waals surface area contributed by atoms with Gasteiger partial charge in [0.15, 0.2) is 0 Å². The molecule has 0 heterocycles. The van der Waals surface area contributed by atoms with Crippen LogP contribution < -0.4 is 5.32 Å². The average Bonchev–Trinajstić information content (AvgIpc) is 1.65. The fourth-order valence-corrected chi connectivity index (χ4v) is 0.123. The number of nitrogens with one attached hydrogen (secondary N) is 1. The summed E-state index contributed by atoms with van der Waals surface area (Å²) in [6.07, 6.45) is 0. The van der Waals surface area contributed by atoms with Crippen LogP contribution in [0.1, 0.15) is 6.92 Å². The minimum absolute atomic E-state index is 0. The summed E-state index contributed by atoms with van der Waals surface area (Å²) < 4.78 is 0. The maximum absolute atomic E-state index is 9.87. The van der Waals surface area contributed by atoms with Crippen molar-refractivity contribution in [2.45, 2.75) is 13.0 Å². The maximum Gasteiger partial charge on any atom is 0.320 e. The number of carboxylic acid groups (broad SMARTS) is 1. The van der Waals surface area contributed by atoms with Gasteiger partial charge < -0.3 is 10.4 Å². The van der Waals surface area contributed by atoms with Crippen LogP contribution in [-0.2, 0) is 4.79 Å². The fourth-order valence-electron chi connectivity index (χ4n) is 0.123. The van der Waals surface area contributed by atoms with Gasteiger partial charge in [0.1, 0.15) is 6.04 Å². The number of likely N-dealkylation sites (N-methyl/N-ethyl adjacent to an activating group) is 1. The number of carboxylic acids is 1. The summed E-state index contributed by atoms with van der Waals surface area (Å²) in [5, 5.41) is 10.7. The van der Waals surface area contributed by atoms with Gasteiger partial charge in [-0.1, -0.05) is 0 Å². The fraction of sp³-hybridized carbons (Fsp3) is 0.750. The van der Waals surface area contributed by atoms with E-state index >= 15 is 0 Å². The molecule has 43 valence electrons. The topological polar surface area (TPSA) is 49.3 Å². The van der Waals surface area contributed by atoms with E-state index < -0.39 is 12.0 Å². The van der Waals surface area contributed by atoms with Gasteiger partial charge >= 0.3 is 5.97 Å². The summed E-state index contributed by atoms with van der Waals surface area (Å²) in [6, 6.07) is -0.431. The molecule has 8 heavy (non-hydrogen) atoms. The predicted molar refractivity (Wildman–Crippen MR) is 31.9 cm³/mol. The minimum atomic E-state index is -0.817. The summed E-state index contributed by atoms with van der Waals surface area (Å²) >= 11 is 0. The second-order valence-electron chi connectivity index (χ2n) is 1.35. The molecule has 0 rings (SSSR count). The Bertz CT molecular complexity index is 76.4. The molecule has 0 saturated carbocycles. The molecule has 0 bridgehead atoms. The first-order valence-corrected chi connectivity index (χ1v) is 2.08. The average molecular weight is 142 g/mol. The molecule has 1 unspecified atom stereocenters. The summed E-state index contributed by atoms with van der Waals surface area (Å²) in [4.78, 5) is 9.87. The number of hydrogen-bond donors (Lipinski definition) is 2. The third-order valence-electron chi connectivity index (χ3n) is 0.803. The zero-order valence-electron chi connectivity index (χ0n) is 5.43. The summed E-state index contributed by atoms with van der Waals surface area (Å²) in [5.74, 6) is -0.817. The molecule has 1 atom stereocenters.